The Morgan fingerprint density at radius 2 is 1.75 bits per heavy atom. The van der Waals surface area contributed by atoms with E-state index in [0.717, 1.165) is 55.9 Å². The van der Waals surface area contributed by atoms with Gasteiger partial charge in [-0.05, 0) is 49.9 Å². The maximum Gasteiger partial charge on any atom is 0.273 e. The molecule has 0 N–H and O–H groups in total. The van der Waals surface area contributed by atoms with E-state index in [2.05, 4.69) is 32.3 Å². The van der Waals surface area contributed by atoms with E-state index in [1.54, 1.807) is 18.4 Å². The monoisotopic (exact) mass is 613 g/mol. The van der Waals surface area contributed by atoms with Crippen LogP contribution in [0.15, 0.2) is 72.4 Å². The molecule has 2 amide bonds. The number of fused-ring (bicyclic) bond motifs is 1. The van der Waals surface area contributed by atoms with Gasteiger partial charge in [0.05, 0.1) is 24.9 Å². The summed E-state index contributed by atoms with van der Waals surface area (Å²) in [4.78, 5) is 38.2. The van der Waals surface area contributed by atoms with Crippen LogP contribution >= 0.6 is 11.3 Å². The molecule has 4 aromatic rings. The molecular formula is C33H39N7O3S. The summed E-state index contributed by atoms with van der Waals surface area (Å²) in [7, 11) is 1.74. The molecule has 2 aromatic heterocycles. The van der Waals surface area contributed by atoms with Crippen molar-refractivity contribution in [2.24, 2.45) is 12.5 Å². The molecule has 44 heavy (non-hydrogen) atoms. The number of likely N-dealkylation sites (tertiary alicyclic amines) is 1. The molecule has 6 rings (SSSR count). The quantitative estimate of drug-likeness (QED) is 0.327. The van der Waals surface area contributed by atoms with Gasteiger partial charge in [0.2, 0.25) is 0 Å². The number of carbonyl (C=O) groups is 2. The largest absolute Gasteiger partial charge is 0.492 e. The van der Waals surface area contributed by atoms with Crippen molar-refractivity contribution in [2.75, 3.05) is 39.3 Å². The van der Waals surface area contributed by atoms with Crippen molar-refractivity contribution in [1.82, 2.24) is 34.7 Å². The molecule has 0 bridgehead atoms. The van der Waals surface area contributed by atoms with E-state index in [1.807, 2.05) is 63.8 Å². The van der Waals surface area contributed by atoms with Crippen molar-refractivity contribution < 1.29 is 14.3 Å². The first-order valence-electron chi connectivity index (χ1n) is 15.3. The zero-order valence-electron chi connectivity index (χ0n) is 25.2. The van der Waals surface area contributed by atoms with E-state index in [4.69, 9.17) is 4.74 Å². The molecule has 2 aromatic carbocycles. The molecule has 0 saturated carbocycles. The molecule has 10 nitrogen and oxygen atoms in total. The number of thiazole rings is 1. The SMILES string of the molecule is Cn1nncc1C(=O)N1CCC2(CCCN(Cc3nccs3)CCN(Cc3ccccc3)C(=O)c3ccccc3OC2)CC1. The van der Waals surface area contributed by atoms with Crippen LogP contribution in [0.5, 0.6) is 5.75 Å². The Labute approximate surface area is 262 Å². The fourth-order valence-electron chi connectivity index (χ4n) is 6.25. The summed E-state index contributed by atoms with van der Waals surface area (Å²) in [5, 5.41) is 10.9. The van der Waals surface area contributed by atoms with Gasteiger partial charge in [0.25, 0.3) is 11.8 Å². The second-order valence-electron chi connectivity index (χ2n) is 11.8. The Hall–Kier alpha value is -4.09. The number of amides is 2. The summed E-state index contributed by atoms with van der Waals surface area (Å²) in [6.45, 7) is 5.30. The smallest absolute Gasteiger partial charge is 0.273 e. The highest BCUT2D eigenvalue weighted by Gasteiger charge is 2.38. The van der Waals surface area contributed by atoms with Crippen molar-refractivity contribution in [2.45, 2.75) is 38.8 Å². The van der Waals surface area contributed by atoms with E-state index < -0.39 is 0 Å². The molecule has 230 valence electrons. The first-order chi connectivity index (χ1) is 21.5. The van der Waals surface area contributed by atoms with Crippen LogP contribution in [0.2, 0.25) is 0 Å². The number of nitrogens with zero attached hydrogens (tertiary/aromatic N) is 7. The van der Waals surface area contributed by atoms with Crippen LogP contribution in [0.4, 0.5) is 0 Å². The Morgan fingerprint density at radius 3 is 2.50 bits per heavy atom. The zero-order valence-corrected chi connectivity index (χ0v) is 26.0. The van der Waals surface area contributed by atoms with Gasteiger partial charge in [-0.1, -0.05) is 47.7 Å². The number of rotatable bonds is 5. The van der Waals surface area contributed by atoms with Crippen LogP contribution < -0.4 is 4.74 Å². The van der Waals surface area contributed by atoms with E-state index in [1.165, 1.54) is 10.9 Å². The van der Waals surface area contributed by atoms with Crippen LogP contribution in [0.3, 0.4) is 0 Å². The van der Waals surface area contributed by atoms with Gasteiger partial charge in [0, 0.05) is 56.8 Å². The molecule has 11 heteroatoms. The molecule has 1 fully saturated rings. The summed E-state index contributed by atoms with van der Waals surface area (Å²) < 4.78 is 8.09. The number of aromatic nitrogens is 4. The fourth-order valence-corrected chi connectivity index (χ4v) is 6.91. The fraction of sp³-hybridized carbons (Fsp3) is 0.424. The molecule has 0 unspecified atom stereocenters. The van der Waals surface area contributed by atoms with Crippen LogP contribution in [0.1, 0.15) is 57.1 Å². The number of hydrogen-bond acceptors (Lipinski definition) is 8. The third-order valence-electron chi connectivity index (χ3n) is 8.91. The van der Waals surface area contributed by atoms with Crippen LogP contribution in [-0.4, -0.2) is 85.8 Å². The van der Waals surface area contributed by atoms with Crippen LogP contribution in [0.25, 0.3) is 0 Å². The summed E-state index contributed by atoms with van der Waals surface area (Å²) in [6.07, 6.45) is 7.00. The van der Waals surface area contributed by atoms with E-state index in [-0.39, 0.29) is 17.2 Å². The minimum absolute atomic E-state index is 0.0304. The first kappa shape index (κ1) is 30.0. The topological polar surface area (TPSA) is 96.7 Å². The minimum atomic E-state index is -0.109. The van der Waals surface area contributed by atoms with Gasteiger partial charge in [-0.25, -0.2) is 9.67 Å². The third kappa shape index (κ3) is 7.00. The highest BCUT2D eigenvalue weighted by Crippen LogP contribution is 2.38. The number of carbonyl (C=O) groups excluding carboxylic acids is 2. The second kappa shape index (κ2) is 13.7. The molecule has 0 radical (unpaired) electrons. The van der Waals surface area contributed by atoms with Gasteiger partial charge in [-0.2, -0.15) is 0 Å². The number of hydrogen-bond donors (Lipinski definition) is 0. The van der Waals surface area contributed by atoms with E-state index in [9.17, 15) is 9.59 Å². The van der Waals surface area contributed by atoms with E-state index >= 15 is 0 Å². The average Bonchev–Trinajstić information content (AvgIpc) is 3.73. The van der Waals surface area contributed by atoms with Crippen molar-refractivity contribution in [1.29, 1.82) is 0 Å². The summed E-state index contributed by atoms with van der Waals surface area (Å²) in [5.41, 5.74) is 2.07. The van der Waals surface area contributed by atoms with Crippen molar-refractivity contribution in [3.8, 4) is 5.75 Å². The summed E-state index contributed by atoms with van der Waals surface area (Å²) in [6, 6.07) is 17.8. The van der Waals surface area contributed by atoms with E-state index in [0.29, 0.717) is 49.8 Å². The number of aryl methyl sites for hydroxylation is 1. The lowest BCUT2D eigenvalue weighted by Gasteiger charge is -2.42. The highest BCUT2D eigenvalue weighted by molar-refractivity contribution is 7.09. The Balaban J connectivity index is 1.25. The maximum atomic E-state index is 14.2. The number of benzene rings is 2. The molecule has 0 atom stereocenters. The van der Waals surface area contributed by atoms with Crippen LogP contribution in [0, 0.1) is 5.41 Å². The highest BCUT2D eigenvalue weighted by atomic mass is 32.1. The molecule has 4 heterocycles. The number of piperidine rings is 1. The first-order valence-corrected chi connectivity index (χ1v) is 16.2. The molecule has 0 aliphatic carbocycles. The van der Waals surface area contributed by atoms with Gasteiger partial charge in [0.1, 0.15) is 16.5 Å². The predicted octanol–water partition coefficient (Wildman–Crippen LogP) is 4.51. The van der Waals surface area contributed by atoms with Gasteiger partial charge in [-0.3, -0.25) is 14.5 Å². The molecular weight excluding hydrogens is 574 g/mol. The lowest BCUT2D eigenvalue weighted by Crippen LogP contribution is -2.46. The van der Waals surface area contributed by atoms with Gasteiger partial charge in [-0.15, -0.1) is 16.4 Å². The molecule has 1 spiro atoms. The number of para-hydroxylation sites is 1. The standard InChI is InChI=1S/C33H39N7O3S/c1-37-28(22-35-36-37)32(42)39-17-13-33(14-18-39)12-7-16-38(24-30-34-15-21-44-30)19-20-40(23-26-8-3-2-4-9-26)31(41)27-10-5-6-11-29(27)43-25-33/h2-6,8-11,15,21-22H,7,12-14,16-20,23-25H2,1H3. The van der Waals surface area contributed by atoms with Gasteiger partial charge >= 0.3 is 0 Å². The maximum absolute atomic E-state index is 14.2. The summed E-state index contributed by atoms with van der Waals surface area (Å²) in [5.74, 6) is 0.549. The Morgan fingerprint density at radius 1 is 0.955 bits per heavy atom. The van der Waals surface area contributed by atoms with Gasteiger partial charge < -0.3 is 14.5 Å². The zero-order chi connectivity index (χ0) is 30.4. The average molecular weight is 614 g/mol. The lowest BCUT2D eigenvalue weighted by molar-refractivity contribution is 0.0342. The predicted molar refractivity (Wildman–Crippen MR) is 168 cm³/mol. The minimum Gasteiger partial charge on any atom is -0.492 e. The normalized spacial score (nSPS) is 18.2. The third-order valence-corrected chi connectivity index (χ3v) is 9.67. The Bertz CT molecular complexity index is 1530. The molecule has 2 aliphatic heterocycles. The van der Waals surface area contributed by atoms with Gasteiger partial charge in [0.15, 0.2) is 0 Å². The Kier molecular flexibility index (Phi) is 9.32. The van der Waals surface area contributed by atoms with Crippen molar-refractivity contribution in [3.05, 3.63) is 94.2 Å². The molecule has 1 saturated heterocycles. The number of ether oxygens (including phenoxy) is 1. The van der Waals surface area contributed by atoms with Crippen molar-refractivity contribution >= 4 is 23.2 Å². The second-order valence-corrected chi connectivity index (χ2v) is 12.8. The molecule has 2 aliphatic rings. The van der Waals surface area contributed by atoms with Crippen LogP contribution in [-0.2, 0) is 20.1 Å². The van der Waals surface area contributed by atoms with Crippen molar-refractivity contribution in [3.63, 3.8) is 0 Å². The summed E-state index contributed by atoms with van der Waals surface area (Å²) >= 11 is 1.67. The lowest BCUT2D eigenvalue weighted by atomic mass is 9.75.